The summed E-state index contributed by atoms with van der Waals surface area (Å²) in [4.78, 5) is 10.2. The van der Waals surface area contributed by atoms with Gasteiger partial charge in [-0.05, 0) is 16.7 Å². The quantitative estimate of drug-likeness (QED) is 0.548. The van der Waals surface area contributed by atoms with Gasteiger partial charge in [-0.15, -0.1) is 0 Å². The largest absolute Gasteiger partial charge is 1.00 e. The molecule has 4 nitrogen and oxygen atoms in total. The summed E-state index contributed by atoms with van der Waals surface area (Å²) >= 11 is 0. The molecule has 0 aliphatic carbocycles. The molecule has 6 heteroatoms. The summed E-state index contributed by atoms with van der Waals surface area (Å²) in [6.07, 6.45) is -0.0956. The van der Waals surface area contributed by atoms with Crippen LogP contribution in [0.25, 0.3) is 0 Å². The van der Waals surface area contributed by atoms with Crippen LogP contribution in [-0.4, -0.2) is 17.2 Å². The molecule has 0 amide bonds. The van der Waals surface area contributed by atoms with Gasteiger partial charge in [0.25, 0.3) is 0 Å². The van der Waals surface area contributed by atoms with Crippen molar-refractivity contribution in [1.82, 2.24) is 0 Å². The van der Waals surface area contributed by atoms with Gasteiger partial charge in [-0.3, -0.25) is 9.32 Å². The second-order valence-corrected chi connectivity index (χ2v) is 3.90. The first-order valence-corrected chi connectivity index (χ1v) is 5.44. The molecule has 0 heterocycles. The van der Waals surface area contributed by atoms with Crippen molar-refractivity contribution in [3.05, 3.63) is 30.3 Å². The Hall–Kier alpha value is -0.410. The number of benzene rings is 1. The summed E-state index contributed by atoms with van der Waals surface area (Å²) in [5.74, 6) is -0.469. The average Bonchev–Trinajstić information content (AvgIpc) is 2.16. The number of carboxylic acid groups (broad SMARTS) is 1. The summed E-state index contributed by atoms with van der Waals surface area (Å²) < 4.78 is 16.2. The summed E-state index contributed by atoms with van der Waals surface area (Å²) in [5.41, 5.74) is 0. The molecule has 76 valence electrons. The van der Waals surface area contributed by atoms with Gasteiger partial charge in [-0.1, -0.05) is 18.2 Å². The standard InChI is InChI=1S/C9H9O4P.Na.H/c10-9(11)6-7-14(12)13-8-4-2-1-3-5-8;;/h1-5H,6-7H2;;/q;+1;-1/p+1. The number of carboxylic acids is 1. The summed E-state index contributed by atoms with van der Waals surface area (Å²) in [5, 5.41) is 8.34. The maximum Gasteiger partial charge on any atom is 1.00 e. The number of hydrogen-bond acceptors (Lipinski definition) is 3. The first-order chi connectivity index (χ1) is 6.68. The zero-order valence-electron chi connectivity index (χ0n) is 9.42. The van der Waals surface area contributed by atoms with Gasteiger partial charge in [0.05, 0.1) is 6.42 Å². The van der Waals surface area contributed by atoms with Gasteiger partial charge < -0.3 is 6.53 Å². The van der Waals surface area contributed by atoms with E-state index in [0.717, 1.165) is 0 Å². The fourth-order valence-corrected chi connectivity index (χ4v) is 1.65. The molecular weight excluding hydrogens is 226 g/mol. The minimum atomic E-state index is -1.92. The first kappa shape index (κ1) is 14.6. The van der Waals surface area contributed by atoms with Gasteiger partial charge in [0, 0.05) is 0 Å². The minimum absolute atomic E-state index is 0. The fourth-order valence-electron chi connectivity index (χ4n) is 0.831. The Labute approximate surface area is 112 Å². The van der Waals surface area contributed by atoms with E-state index >= 15 is 0 Å². The van der Waals surface area contributed by atoms with Crippen molar-refractivity contribution in [2.75, 3.05) is 6.16 Å². The third-order valence-electron chi connectivity index (χ3n) is 1.46. The Morgan fingerprint density at radius 2 is 2.00 bits per heavy atom. The van der Waals surface area contributed by atoms with Gasteiger partial charge >= 0.3 is 43.6 Å². The van der Waals surface area contributed by atoms with Gasteiger partial charge in [-0.2, -0.15) is 0 Å². The van der Waals surface area contributed by atoms with E-state index in [9.17, 15) is 9.36 Å². The van der Waals surface area contributed by atoms with Gasteiger partial charge in [-0.25, -0.2) is 0 Å². The normalized spacial score (nSPS) is 10.0. The average molecular weight is 237 g/mol. The van der Waals surface area contributed by atoms with E-state index in [1.54, 1.807) is 24.3 Å². The molecule has 0 bridgehead atoms. The fraction of sp³-hybridized carbons (Fsp3) is 0.222. The number of para-hydroxylation sites is 1. The molecule has 0 aliphatic heterocycles. The molecule has 1 N–H and O–H groups in total. The molecule has 0 radical (unpaired) electrons. The maximum atomic E-state index is 11.2. The topological polar surface area (TPSA) is 63.6 Å². The molecule has 0 aromatic heterocycles. The Morgan fingerprint density at radius 1 is 1.40 bits per heavy atom. The SMILES string of the molecule is O=C(O)CC[P+](=O)Oc1ccccc1.[H-].[Na+]. The van der Waals surface area contributed by atoms with Gasteiger partial charge in [0.15, 0.2) is 11.9 Å². The smallest absolute Gasteiger partial charge is 1.00 e. The van der Waals surface area contributed by atoms with Crippen LogP contribution in [0, 0.1) is 0 Å². The van der Waals surface area contributed by atoms with E-state index in [-0.39, 0.29) is 43.6 Å². The van der Waals surface area contributed by atoms with E-state index in [1.165, 1.54) is 0 Å². The Kier molecular flexibility index (Phi) is 7.61. The van der Waals surface area contributed by atoms with E-state index in [1.807, 2.05) is 6.07 Å². The molecular formula is C9H11NaO4P+. The van der Waals surface area contributed by atoms with Crippen LogP contribution in [0.1, 0.15) is 7.85 Å². The molecule has 0 aliphatic rings. The minimum Gasteiger partial charge on any atom is -1.00 e. The zero-order valence-corrected chi connectivity index (χ0v) is 11.3. The molecule has 1 aromatic carbocycles. The first-order valence-electron chi connectivity index (χ1n) is 4.08. The zero-order chi connectivity index (χ0) is 10.4. The third-order valence-corrected chi connectivity index (χ3v) is 2.46. The van der Waals surface area contributed by atoms with Crippen molar-refractivity contribution in [3.63, 3.8) is 0 Å². The Morgan fingerprint density at radius 3 is 2.53 bits per heavy atom. The molecule has 15 heavy (non-hydrogen) atoms. The number of hydrogen-bond donors (Lipinski definition) is 1. The van der Waals surface area contributed by atoms with E-state index in [0.29, 0.717) is 5.75 Å². The van der Waals surface area contributed by atoms with Crippen LogP contribution in [0.2, 0.25) is 0 Å². The van der Waals surface area contributed by atoms with E-state index < -0.39 is 14.0 Å². The molecule has 0 saturated carbocycles. The Bertz CT molecular complexity index is 334. The van der Waals surface area contributed by atoms with Crippen LogP contribution in [0.5, 0.6) is 5.75 Å². The van der Waals surface area contributed by atoms with Crippen molar-refractivity contribution in [2.45, 2.75) is 6.42 Å². The van der Waals surface area contributed by atoms with Crippen LogP contribution in [0.3, 0.4) is 0 Å². The van der Waals surface area contributed by atoms with Crippen molar-refractivity contribution in [1.29, 1.82) is 0 Å². The van der Waals surface area contributed by atoms with Crippen molar-refractivity contribution in [3.8, 4) is 5.75 Å². The van der Waals surface area contributed by atoms with Crippen LogP contribution in [-0.2, 0) is 9.36 Å². The summed E-state index contributed by atoms with van der Waals surface area (Å²) in [6, 6.07) is 8.69. The third kappa shape index (κ3) is 6.63. The molecule has 1 unspecified atom stereocenters. The molecule has 0 fully saturated rings. The van der Waals surface area contributed by atoms with E-state index in [4.69, 9.17) is 9.63 Å². The van der Waals surface area contributed by atoms with Crippen LogP contribution in [0.4, 0.5) is 0 Å². The van der Waals surface area contributed by atoms with Crippen LogP contribution >= 0.6 is 8.03 Å². The second kappa shape index (κ2) is 7.83. The number of rotatable bonds is 5. The molecule has 1 rings (SSSR count). The van der Waals surface area contributed by atoms with Crippen LogP contribution < -0.4 is 34.1 Å². The molecule has 1 aromatic rings. The molecule has 0 spiro atoms. The second-order valence-electron chi connectivity index (χ2n) is 2.60. The van der Waals surface area contributed by atoms with Crippen LogP contribution in [0.15, 0.2) is 30.3 Å². The maximum absolute atomic E-state index is 11.2. The van der Waals surface area contributed by atoms with Crippen molar-refractivity contribution in [2.24, 2.45) is 0 Å². The predicted octanol–water partition coefficient (Wildman–Crippen LogP) is -0.601. The predicted molar refractivity (Wildman–Crippen MR) is 52.9 cm³/mol. The number of aliphatic carboxylic acids is 1. The molecule has 1 atom stereocenters. The van der Waals surface area contributed by atoms with Crippen molar-refractivity contribution >= 4 is 14.0 Å². The van der Waals surface area contributed by atoms with Crippen molar-refractivity contribution < 1.29 is 50.0 Å². The van der Waals surface area contributed by atoms with Gasteiger partial charge in [0.2, 0.25) is 0 Å². The summed E-state index contributed by atoms with van der Waals surface area (Å²) in [7, 11) is -1.92. The monoisotopic (exact) mass is 237 g/mol. The van der Waals surface area contributed by atoms with Gasteiger partial charge in [0.1, 0.15) is 0 Å². The number of carbonyl (C=O) groups is 1. The summed E-state index contributed by atoms with van der Waals surface area (Å²) in [6.45, 7) is 0. The molecule has 0 saturated heterocycles. The Balaban J connectivity index is 0. The van der Waals surface area contributed by atoms with E-state index in [2.05, 4.69) is 0 Å².